The van der Waals surface area contributed by atoms with Crippen molar-refractivity contribution in [3.05, 3.63) is 84.5 Å². The molecule has 152 valence electrons. The summed E-state index contributed by atoms with van der Waals surface area (Å²) < 4.78 is 50.3. The molecule has 0 spiro atoms. The Kier molecular flexibility index (Phi) is 5.07. The number of nitrogens with one attached hydrogen (secondary N) is 2. The molecule has 2 N–H and O–H groups in total. The largest absolute Gasteiger partial charge is 0.461 e. The minimum Gasteiger partial charge on any atom is -0.461 e. The second-order valence-corrected chi connectivity index (χ2v) is 7.83. The van der Waals surface area contributed by atoms with E-state index in [1.165, 1.54) is 48.7 Å². The topological polar surface area (TPSA) is 114 Å². The average Bonchev–Trinajstić information content (AvgIpc) is 3.41. The normalized spacial score (nSPS) is 11.2. The van der Waals surface area contributed by atoms with E-state index < -0.39 is 21.7 Å². The number of rotatable bonds is 6. The van der Waals surface area contributed by atoms with Gasteiger partial charge in [0.1, 0.15) is 5.82 Å². The molecule has 4 aromatic rings. The van der Waals surface area contributed by atoms with Crippen molar-refractivity contribution >= 4 is 27.3 Å². The van der Waals surface area contributed by atoms with Crippen molar-refractivity contribution in [2.24, 2.45) is 0 Å². The van der Waals surface area contributed by atoms with Crippen LogP contribution in [-0.4, -0.2) is 19.5 Å². The van der Waals surface area contributed by atoms with E-state index >= 15 is 0 Å². The summed E-state index contributed by atoms with van der Waals surface area (Å²) in [6, 6.07) is 15.3. The lowest BCUT2D eigenvalue weighted by Crippen LogP contribution is -2.14. The molecule has 0 aliphatic rings. The first-order valence-corrected chi connectivity index (χ1v) is 10.1. The van der Waals surface area contributed by atoms with Crippen molar-refractivity contribution in [3.8, 4) is 11.5 Å². The van der Waals surface area contributed by atoms with Crippen molar-refractivity contribution in [1.82, 2.24) is 5.16 Å². The minimum atomic E-state index is -3.86. The zero-order valence-corrected chi connectivity index (χ0v) is 16.0. The van der Waals surface area contributed by atoms with Crippen LogP contribution in [0.2, 0.25) is 0 Å². The average molecular weight is 427 g/mol. The van der Waals surface area contributed by atoms with Crippen molar-refractivity contribution in [2.75, 3.05) is 10.0 Å². The molecular weight excluding hydrogens is 413 g/mol. The second-order valence-electron chi connectivity index (χ2n) is 6.14. The van der Waals surface area contributed by atoms with Crippen LogP contribution in [0.1, 0.15) is 10.5 Å². The van der Waals surface area contributed by atoms with Crippen molar-refractivity contribution in [1.29, 1.82) is 0 Å². The molecule has 2 heterocycles. The second kappa shape index (κ2) is 7.84. The molecule has 1 amide bonds. The molecule has 30 heavy (non-hydrogen) atoms. The SMILES string of the molecule is O=C(Nc1ccc(NS(=O)(=O)c2ccc(F)cc2)cc1)c1cc(-c2ccco2)on1. The van der Waals surface area contributed by atoms with Gasteiger partial charge in [-0.15, -0.1) is 0 Å². The summed E-state index contributed by atoms with van der Waals surface area (Å²) in [6.07, 6.45) is 1.48. The lowest BCUT2D eigenvalue weighted by molar-refractivity contribution is 0.101. The summed E-state index contributed by atoms with van der Waals surface area (Å²) in [5.41, 5.74) is 0.758. The van der Waals surface area contributed by atoms with Crippen molar-refractivity contribution in [2.45, 2.75) is 4.90 Å². The summed E-state index contributed by atoms with van der Waals surface area (Å²) >= 11 is 0. The van der Waals surface area contributed by atoms with E-state index in [0.29, 0.717) is 17.2 Å². The maximum absolute atomic E-state index is 13.0. The number of nitrogens with zero attached hydrogens (tertiary/aromatic N) is 1. The van der Waals surface area contributed by atoms with Gasteiger partial charge in [0.2, 0.25) is 5.76 Å². The number of anilines is 2. The Morgan fingerprint density at radius 3 is 2.30 bits per heavy atom. The van der Waals surface area contributed by atoms with Gasteiger partial charge in [0.25, 0.3) is 15.9 Å². The molecule has 2 aromatic heterocycles. The fraction of sp³-hybridized carbons (Fsp3) is 0. The van der Waals surface area contributed by atoms with Gasteiger partial charge in [0.05, 0.1) is 11.2 Å². The third-order valence-corrected chi connectivity index (χ3v) is 5.42. The van der Waals surface area contributed by atoms with E-state index in [1.54, 1.807) is 12.1 Å². The number of carbonyl (C=O) groups is 1. The summed E-state index contributed by atoms with van der Waals surface area (Å²) in [5.74, 6) is -0.274. The molecule has 0 atom stereocenters. The first-order chi connectivity index (χ1) is 14.4. The number of hydrogen-bond donors (Lipinski definition) is 2. The maximum Gasteiger partial charge on any atom is 0.277 e. The van der Waals surface area contributed by atoms with Crippen LogP contribution in [-0.2, 0) is 10.0 Å². The highest BCUT2D eigenvalue weighted by Gasteiger charge is 2.16. The van der Waals surface area contributed by atoms with E-state index in [9.17, 15) is 17.6 Å². The van der Waals surface area contributed by atoms with Crippen LogP contribution in [0.5, 0.6) is 0 Å². The Labute approximate surface area is 170 Å². The Morgan fingerprint density at radius 2 is 1.63 bits per heavy atom. The third-order valence-electron chi connectivity index (χ3n) is 4.03. The fourth-order valence-electron chi connectivity index (χ4n) is 2.56. The van der Waals surface area contributed by atoms with E-state index in [2.05, 4.69) is 15.2 Å². The van der Waals surface area contributed by atoms with Gasteiger partial charge in [-0.2, -0.15) is 0 Å². The van der Waals surface area contributed by atoms with Crippen molar-refractivity contribution in [3.63, 3.8) is 0 Å². The number of benzene rings is 2. The molecule has 0 saturated carbocycles. The standard InChI is InChI=1S/C20H14FN3O5S/c21-13-3-9-16(10-4-13)30(26,27)24-15-7-5-14(6-8-15)22-20(25)17-12-19(29-23-17)18-2-1-11-28-18/h1-12,24H,(H,22,25). The number of hydrogen-bond acceptors (Lipinski definition) is 6. The predicted octanol–water partition coefficient (Wildman–Crippen LogP) is 4.13. The Morgan fingerprint density at radius 1 is 0.933 bits per heavy atom. The van der Waals surface area contributed by atoms with Gasteiger partial charge in [-0.1, -0.05) is 5.16 Å². The molecule has 0 radical (unpaired) electrons. The molecular formula is C20H14FN3O5S. The fourth-order valence-corrected chi connectivity index (χ4v) is 3.62. The van der Waals surface area contributed by atoms with Gasteiger partial charge >= 0.3 is 0 Å². The highest BCUT2D eigenvalue weighted by molar-refractivity contribution is 7.92. The highest BCUT2D eigenvalue weighted by Crippen LogP contribution is 2.22. The Hall–Kier alpha value is -3.92. The van der Waals surface area contributed by atoms with E-state index in [0.717, 1.165) is 12.1 Å². The third kappa shape index (κ3) is 4.23. The van der Waals surface area contributed by atoms with Crippen molar-refractivity contribution < 1.29 is 26.5 Å². The van der Waals surface area contributed by atoms with Crippen LogP contribution in [0.4, 0.5) is 15.8 Å². The monoisotopic (exact) mass is 427 g/mol. The molecule has 0 fully saturated rings. The lowest BCUT2D eigenvalue weighted by atomic mass is 10.2. The smallest absolute Gasteiger partial charge is 0.277 e. The van der Waals surface area contributed by atoms with E-state index in [4.69, 9.17) is 8.94 Å². The number of furan rings is 1. The Bertz CT molecular complexity index is 1270. The van der Waals surface area contributed by atoms with Crippen LogP contribution in [0.15, 0.2) is 86.8 Å². The van der Waals surface area contributed by atoms with Crippen LogP contribution in [0.25, 0.3) is 11.5 Å². The molecule has 0 saturated heterocycles. The van der Waals surface area contributed by atoms with Crippen LogP contribution in [0, 0.1) is 5.82 Å². The maximum atomic E-state index is 13.0. The number of aromatic nitrogens is 1. The Balaban J connectivity index is 1.42. The summed E-state index contributed by atoms with van der Waals surface area (Å²) in [6.45, 7) is 0. The van der Waals surface area contributed by atoms with Crippen LogP contribution >= 0.6 is 0 Å². The first-order valence-electron chi connectivity index (χ1n) is 8.61. The van der Waals surface area contributed by atoms with Gasteiger partial charge in [0, 0.05) is 17.4 Å². The molecule has 0 unspecified atom stereocenters. The number of amides is 1. The number of carbonyl (C=O) groups excluding carboxylic acids is 1. The first kappa shape index (κ1) is 19.4. The van der Waals surface area contributed by atoms with E-state index in [1.807, 2.05) is 0 Å². The minimum absolute atomic E-state index is 0.0579. The quantitative estimate of drug-likeness (QED) is 0.478. The summed E-state index contributed by atoms with van der Waals surface area (Å²) in [4.78, 5) is 12.2. The number of sulfonamides is 1. The van der Waals surface area contributed by atoms with Crippen LogP contribution in [0.3, 0.4) is 0 Å². The molecule has 4 rings (SSSR count). The summed E-state index contributed by atoms with van der Waals surface area (Å²) in [5, 5.41) is 6.34. The summed E-state index contributed by atoms with van der Waals surface area (Å²) in [7, 11) is -3.86. The van der Waals surface area contributed by atoms with E-state index in [-0.39, 0.29) is 16.3 Å². The lowest BCUT2D eigenvalue weighted by Gasteiger charge is -2.09. The van der Waals surface area contributed by atoms with Gasteiger partial charge < -0.3 is 14.3 Å². The van der Waals surface area contributed by atoms with Gasteiger partial charge in [-0.05, 0) is 60.7 Å². The van der Waals surface area contributed by atoms with Gasteiger partial charge in [-0.25, -0.2) is 12.8 Å². The molecule has 0 bridgehead atoms. The molecule has 2 aromatic carbocycles. The van der Waals surface area contributed by atoms with Gasteiger partial charge in [-0.3, -0.25) is 9.52 Å². The molecule has 0 aliphatic carbocycles. The molecule has 8 nitrogen and oxygen atoms in total. The van der Waals surface area contributed by atoms with Gasteiger partial charge in [0.15, 0.2) is 11.5 Å². The zero-order valence-electron chi connectivity index (χ0n) is 15.2. The predicted molar refractivity (Wildman–Crippen MR) is 106 cm³/mol. The highest BCUT2D eigenvalue weighted by atomic mass is 32.2. The number of halogens is 1. The zero-order chi connectivity index (χ0) is 21.1. The van der Waals surface area contributed by atoms with Crippen LogP contribution < -0.4 is 10.0 Å². The molecule has 0 aliphatic heterocycles. The molecule has 10 heteroatoms.